The molecule has 0 unspecified atom stereocenters. The third-order valence-electron chi connectivity index (χ3n) is 4.71. The van der Waals surface area contributed by atoms with Crippen LogP contribution in [0.3, 0.4) is 0 Å². The molecule has 2 aromatic carbocycles. The summed E-state index contributed by atoms with van der Waals surface area (Å²) in [6.45, 7) is 1.64. The zero-order valence-electron chi connectivity index (χ0n) is 14.3. The number of amides is 2. The van der Waals surface area contributed by atoms with Gasteiger partial charge < -0.3 is 19.7 Å². The molecule has 1 fully saturated rings. The van der Waals surface area contributed by atoms with Gasteiger partial charge in [-0.25, -0.2) is 0 Å². The summed E-state index contributed by atoms with van der Waals surface area (Å²) in [6.07, 6.45) is 0.264. The van der Waals surface area contributed by atoms with Crippen LogP contribution in [-0.4, -0.2) is 30.1 Å². The van der Waals surface area contributed by atoms with Crippen molar-refractivity contribution in [1.29, 1.82) is 0 Å². The minimum atomic E-state index is -0.305. The molecule has 1 saturated heterocycles. The van der Waals surface area contributed by atoms with Crippen LogP contribution >= 0.6 is 0 Å². The van der Waals surface area contributed by atoms with Crippen LogP contribution in [0.5, 0.6) is 11.5 Å². The summed E-state index contributed by atoms with van der Waals surface area (Å²) < 4.78 is 10.6. The Morgan fingerprint density at radius 1 is 1.08 bits per heavy atom. The Labute approximate surface area is 151 Å². The Bertz CT molecular complexity index is 822. The molecule has 2 amide bonds. The summed E-state index contributed by atoms with van der Waals surface area (Å²) in [5.41, 5.74) is 2.01. The van der Waals surface area contributed by atoms with Crippen molar-refractivity contribution in [2.24, 2.45) is 5.92 Å². The SMILES string of the molecule is O=C(NCc1ccc2c(c1)OCO2)[C@@H]1CC(=O)N(Cc2ccccc2)C1. The van der Waals surface area contributed by atoms with Gasteiger partial charge in [-0.2, -0.15) is 0 Å². The van der Waals surface area contributed by atoms with Crippen molar-refractivity contribution in [2.75, 3.05) is 13.3 Å². The van der Waals surface area contributed by atoms with Gasteiger partial charge in [-0.1, -0.05) is 36.4 Å². The Morgan fingerprint density at radius 3 is 2.73 bits per heavy atom. The number of hydrogen-bond acceptors (Lipinski definition) is 4. The molecular weight excluding hydrogens is 332 g/mol. The highest BCUT2D eigenvalue weighted by Crippen LogP contribution is 2.32. The van der Waals surface area contributed by atoms with Crippen LogP contribution in [0.15, 0.2) is 48.5 Å². The molecule has 2 aliphatic heterocycles. The van der Waals surface area contributed by atoms with Crippen LogP contribution in [0.1, 0.15) is 17.5 Å². The second kappa shape index (κ2) is 7.07. The van der Waals surface area contributed by atoms with E-state index in [1.54, 1.807) is 4.90 Å². The number of ether oxygens (including phenoxy) is 2. The number of carbonyl (C=O) groups is 2. The molecule has 0 aromatic heterocycles. The molecular formula is C20H20N2O4. The van der Waals surface area contributed by atoms with Crippen LogP contribution in [0.25, 0.3) is 0 Å². The van der Waals surface area contributed by atoms with Gasteiger partial charge in [0.25, 0.3) is 0 Å². The highest BCUT2D eigenvalue weighted by molar-refractivity contribution is 5.89. The molecule has 0 bridgehead atoms. The van der Waals surface area contributed by atoms with Crippen molar-refractivity contribution in [1.82, 2.24) is 10.2 Å². The van der Waals surface area contributed by atoms with E-state index in [9.17, 15) is 9.59 Å². The molecule has 0 spiro atoms. The van der Waals surface area contributed by atoms with E-state index in [4.69, 9.17) is 9.47 Å². The first-order valence-corrected chi connectivity index (χ1v) is 8.67. The summed E-state index contributed by atoms with van der Waals surface area (Å²) in [7, 11) is 0. The van der Waals surface area contributed by atoms with Gasteiger partial charge in [0.15, 0.2) is 11.5 Å². The largest absolute Gasteiger partial charge is 0.454 e. The topological polar surface area (TPSA) is 67.9 Å². The van der Waals surface area contributed by atoms with Gasteiger partial charge in [0, 0.05) is 26.1 Å². The molecule has 2 aromatic rings. The van der Waals surface area contributed by atoms with Crippen molar-refractivity contribution < 1.29 is 19.1 Å². The molecule has 6 nitrogen and oxygen atoms in total. The number of fused-ring (bicyclic) bond motifs is 1. The molecule has 2 aliphatic rings. The lowest BCUT2D eigenvalue weighted by Crippen LogP contribution is -2.32. The average molecular weight is 352 g/mol. The summed E-state index contributed by atoms with van der Waals surface area (Å²) >= 11 is 0. The highest BCUT2D eigenvalue weighted by Gasteiger charge is 2.34. The van der Waals surface area contributed by atoms with Gasteiger partial charge in [-0.05, 0) is 23.3 Å². The summed E-state index contributed by atoms with van der Waals surface area (Å²) in [6, 6.07) is 15.4. The fraction of sp³-hybridized carbons (Fsp3) is 0.300. The quantitative estimate of drug-likeness (QED) is 0.895. The van der Waals surface area contributed by atoms with E-state index >= 15 is 0 Å². The molecule has 1 N–H and O–H groups in total. The molecule has 4 rings (SSSR count). The summed E-state index contributed by atoms with van der Waals surface area (Å²) in [5, 5.41) is 2.92. The van der Waals surface area contributed by atoms with Crippen molar-refractivity contribution in [3.05, 3.63) is 59.7 Å². The number of rotatable bonds is 5. The van der Waals surface area contributed by atoms with Crippen LogP contribution in [0.4, 0.5) is 0 Å². The first-order chi connectivity index (χ1) is 12.7. The smallest absolute Gasteiger partial charge is 0.231 e. The standard InChI is InChI=1S/C20H20N2O4/c23-19-9-16(12-22(19)11-14-4-2-1-3-5-14)20(24)21-10-15-6-7-17-18(8-15)26-13-25-17/h1-8,16H,9-13H2,(H,21,24)/t16-/m1/s1. The van der Waals surface area contributed by atoms with Gasteiger partial charge >= 0.3 is 0 Å². The lowest BCUT2D eigenvalue weighted by molar-refractivity contribution is -0.129. The van der Waals surface area contributed by atoms with Crippen LogP contribution in [0, 0.1) is 5.92 Å². The summed E-state index contributed by atoms with van der Waals surface area (Å²) in [4.78, 5) is 26.4. The van der Waals surface area contributed by atoms with E-state index in [-0.39, 0.29) is 30.9 Å². The maximum Gasteiger partial charge on any atom is 0.231 e. The molecule has 6 heteroatoms. The third-order valence-corrected chi connectivity index (χ3v) is 4.71. The lowest BCUT2D eigenvalue weighted by Gasteiger charge is -2.16. The predicted molar refractivity (Wildman–Crippen MR) is 94.4 cm³/mol. The number of benzene rings is 2. The van der Waals surface area contributed by atoms with Gasteiger partial charge in [0.2, 0.25) is 18.6 Å². The Morgan fingerprint density at radius 2 is 1.88 bits per heavy atom. The predicted octanol–water partition coefficient (Wildman–Crippen LogP) is 2.08. The van der Waals surface area contributed by atoms with Gasteiger partial charge in [0.1, 0.15) is 0 Å². The Kier molecular flexibility index (Phi) is 4.48. The molecule has 2 heterocycles. The van der Waals surface area contributed by atoms with Crippen molar-refractivity contribution in [3.8, 4) is 11.5 Å². The molecule has 0 aliphatic carbocycles. The number of carbonyl (C=O) groups excluding carboxylic acids is 2. The van der Waals surface area contributed by atoms with E-state index in [2.05, 4.69) is 5.32 Å². The number of nitrogens with zero attached hydrogens (tertiary/aromatic N) is 1. The number of nitrogens with one attached hydrogen (secondary N) is 1. The van der Waals surface area contributed by atoms with E-state index < -0.39 is 0 Å². The van der Waals surface area contributed by atoms with E-state index in [0.29, 0.717) is 25.4 Å². The van der Waals surface area contributed by atoms with Gasteiger partial charge in [0.05, 0.1) is 5.92 Å². The zero-order chi connectivity index (χ0) is 17.9. The Balaban J connectivity index is 1.32. The monoisotopic (exact) mass is 352 g/mol. The maximum absolute atomic E-state index is 12.5. The lowest BCUT2D eigenvalue weighted by atomic mass is 10.1. The van der Waals surface area contributed by atoms with E-state index in [1.165, 1.54) is 0 Å². The fourth-order valence-corrected chi connectivity index (χ4v) is 3.29. The van der Waals surface area contributed by atoms with E-state index in [1.807, 2.05) is 48.5 Å². The average Bonchev–Trinajstić information content (AvgIpc) is 3.27. The van der Waals surface area contributed by atoms with Crippen LogP contribution < -0.4 is 14.8 Å². The van der Waals surface area contributed by atoms with Gasteiger partial charge in [-0.3, -0.25) is 9.59 Å². The molecule has 1 atom stereocenters. The van der Waals surface area contributed by atoms with Crippen molar-refractivity contribution in [2.45, 2.75) is 19.5 Å². The molecule has 134 valence electrons. The van der Waals surface area contributed by atoms with Crippen molar-refractivity contribution in [3.63, 3.8) is 0 Å². The molecule has 0 saturated carbocycles. The van der Waals surface area contributed by atoms with Crippen LogP contribution in [-0.2, 0) is 22.7 Å². The maximum atomic E-state index is 12.5. The van der Waals surface area contributed by atoms with Crippen molar-refractivity contribution >= 4 is 11.8 Å². The molecule has 26 heavy (non-hydrogen) atoms. The molecule has 0 radical (unpaired) electrons. The summed E-state index contributed by atoms with van der Waals surface area (Å²) in [5.74, 6) is 1.05. The minimum absolute atomic E-state index is 0.0251. The fourth-order valence-electron chi connectivity index (χ4n) is 3.29. The number of hydrogen-bond donors (Lipinski definition) is 1. The highest BCUT2D eigenvalue weighted by atomic mass is 16.7. The zero-order valence-corrected chi connectivity index (χ0v) is 14.3. The second-order valence-electron chi connectivity index (χ2n) is 6.57. The first kappa shape index (κ1) is 16.4. The van der Waals surface area contributed by atoms with Gasteiger partial charge in [-0.15, -0.1) is 0 Å². The third kappa shape index (κ3) is 3.49. The van der Waals surface area contributed by atoms with Crippen LogP contribution in [0.2, 0.25) is 0 Å². The Hall–Kier alpha value is -3.02. The minimum Gasteiger partial charge on any atom is -0.454 e. The normalized spacial score (nSPS) is 18.2. The van der Waals surface area contributed by atoms with E-state index in [0.717, 1.165) is 16.9 Å². The first-order valence-electron chi connectivity index (χ1n) is 8.67. The number of likely N-dealkylation sites (tertiary alicyclic amines) is 1. The second-order valence-corrected chi connectivity index (χ2v) is 6.57.